The Balaban J connectivity index is 1.11. The molecule has 0 radical (unpaired) electrons. The number of aromatic nitrogens is 1. The third kappa shape index (κ3) is 9.84. The van der Waals surface area contributed by atoms with Crippen molar-refractivity contribution in [1.82, 2.24) is 15.6 Å². The Kier molecular flexibility index (Phi) is 11.5. The van der Waals surface area contributed by atoms with Crippen molar-refractivity contribution < 1.29 is 36.6 Å². The van der Waals surface area contributed by atoms with Crippen LogP contribution in [0.25, 0.3) is 0 Å². The Bertz CT molecular complexity index is 1590. The van der Waals surface area contributed by atoms with Gasteiger partial charge in [0.1, 0.15) is 29.9 Å². The predicted molar refractivity (Wildman–Crippen MR) is 167 cm³/mol. The first kappa shape index (κ1) is 33.6. The second-order valence-electron chi connectivity index (χ2n) is 11.2. The zero-order valence-electron chi connectivity index (χ0n) is 25.4. The van der Waals surface area contributed by atoms with Crippen molar-refractivity contribution in [3.05, 3.63) is 131 Å². The summed E-state index contributed by atoms with van der Waals surface area (Å²) in [4.78, 5) is 29.2. The number of alkyl carbamates (subject to hydrolysis) is 1. The number of benzene rings is 3. The molecule has 0 unspecified atom stereocenters. The quantitative estimate of drug-likeness (QED) is 0.162. The van der Waals surface area contributed by atoms with Crippen LogP contribution in [-0.2, 0) is 27.2 Å². The minimum Gasteiger partial charge on any atom is -0.448 e. The molecule has 4 aromatic rings. The zero-order valence-corrected chi connectivity index (χ0v) is 25.4. The minimum absolute atomic E-state index is 0.0589. The van der Waals surface area contributed by atoms with Crippen molar-refractivity contribution in [1.29, 1.82) is 0 Å². The van der Waals surface area contributed by atoms with Crippen LogP contribution in [0.3, 0.4) is 0 Å². The maximum Gasteiger partial charge on any atom is 0.407 e. The van der Waals surface area contributed by atoms with Crippen LogP contribution in [0.2, 0.25) is 0 Å². The molecule has 12 heteroatoms. The number of nitrogens with one attached hydrogen (secondary N) is 3. The van der Waals surface area contributed by atoms with E-state index in [0.717, 1.165) is 11.8 Å². The van der Waals surface area contributed by atoms with Crippen LogP contribution < -0.4 is 16.0 Å². The van der Waals surface area contributed by atoms with E-state index < -0.39 is 35.4 Å². The van der Waals surface area contributed by atoms with E-state index in [0.29, 0.717) is 24.1 Å². The van der Waals surface area contributed by atoms with E-state index in [-0.39, 0.29) is 61.8 Å². The lowest BCUT2D eigenvalue weighted by molar-refractivity contribution is -0.116. The molecule has 1 fully saturated rings. The molecule has 1 aliphatic rings. The average Bonchev–Trinajstić information content (AvgIpc) is 3.07. The second-order valence-corrected chi connectivity index (χ2v) is 11.2. The Hall–Kier alpha value is -4.81. The number of morpholine rings is 1. The van der Waals surface area contributed by atoms with Gasteiger partial charge in [-0.15, -0.1) is 0 Å². The standard InChI is InChI=1S/C35H34F4N4O4/c36-25-7-1-22(2-8-25)16-42-35(45)47-21-28-20-46-29(17-41-28)13-14-30-32(39)18-40-19-33(30)43-34(44)15-31(23-3-9-26(37)10-4-23)24-5-11-27(38)12-6-24/h1-12,18-19,28-29,31,41H,13-17,20-21H2,(H,42,45)(H,43,44)/t28-,29+/m0/s1. The molecule has 1 aliphatic heterocycles. The lowest BCUT2D eigenvalue weighted by atomic mass is 9.88. The maximum absolute atomic E-state index is 14.9. The van der Waals surface area contributed by atoms with Gasteiger partial charge in [-0.2, -0.15) is 0 Å². The third-order valence-electron chi connectivity index (χ3n) is 7.86. The van der Waals surface area contributed by atoms with Gasteiger partial charge in [0.25, 0.3) is 0 Å². The van der Waals surface area contributed by atoms with E-state index >= 15 is 0 Å². The first-order valence-corrected chi connectivity index (χ1v) is 15.2. The Labute approximate surface area is 269 Å². The summed E-state index contributed by atoms with van der Waals surface area (Å²) in [6.07, 6.45) is 2.24. The van der Waals surface area contributed by atoms with E-state index in [9.17, 15) is 27.2 Å². The molecule has 0 saturated carbocycles. The van der Waals surface area contributed by atoms with Gasteiger partial charge in [0.05, 0.1) is 36.8 Å². The molecule has 1 saturated heterocycles. The monoisotopic (exact) mass is 650 g/mol. The fourth-order valence-corrected chi connectivity index (χ4v) is 5.30. The largest absolute Gasteiger partial charge is 0.448 e. The lowest BCUT2D eigenvalue weighted by Crippen LogP contribution is -2.49. The topological polar surface area (TPSA) is 102 Å². The van der Waals surface area contributed by atoms with Crippen LogP contribution in [-0.4, -0.2) is 48.9 Å². The first-order valence-electron chi connectivity index (χ1n) is 15.2. The van der Waals surface area contributed by atoms with Gasteiger partial charge < -0.3 is 25.4 Å². The molecule has 2 amide bonds. The maximum atomic E-state index is 14.9. The molecule has 0 spiro atoms. The number of nitrogens with zero attached hydrogens (tertiary/aromatic N) is 1. The van der Waals surface area contributed by atoms with E-state index in [4.69, 9.17) is 9.47 Å². The van der Waals surface area contributed by atoms with Gasteiger partial charge >= 0.3 is 6.09 Å². The summed E-state index contributed by atoms with van der Waals surface area (Å²) < 4.78 is 66.3. The number of carbonyl (C=O) groups excluding carboxylic acids is 2. The van der Waals surface area contributed by atoms with Crippen LogP contribution >= 0.6 is 0 Å². The van der Waals surface area contributed by atoms with Gasteiger partial charge in [-0.05, 0) is 65.9 Å². The van der Waals surface area contributed by atoms with Crippen LogP contribution in [0.4, 0.5) is 28.0 Å². The zero-order chi connectivity index (χ0) is 33.2. The highest BCUT2D eigenvalue weighted by molar-refractivity contribution is 5.92. The summed E-state index contributed by atoms with van der Waals surface area (Å²) in [5, 5.41) is 8.65. The molecule has 3 N–H and O–H groups in total. The Morgan fingerprint density at radius 1 is 0.894 bits per heavy atom. The Morgan fingerprint density at radius 3 is 2.11 bits per heavy atom. The normalized spacial score (nSPS) is 16.1. The fraction of sp³-hybridized carbons (Fsp3) is 0.286. The molecular weight excluding hydrogens is 616 g/mol. The van der Waals surface area contributed by atoms with Crippen molar-refractivity contribution in [2.24, 2.45) is 0 Å². The summed E-state index contributed by atoms with van der Waals surface area (Å²) in [5.74, 6) is -2.69. The summed E-state index contributed by atoms with van der Waals surface area (Å²) in [6, 6.07) is 17.0. The number of anilines is 1. The molecule has 246 valence electrons. The molecule has 8 nitrogen and oxygen atoms in total. The smallest absolute Gasteiger partial charge is 0.407 e. The number of ether oxygens (including phenoxy) is 2. The molecular formula is C35H34F4N4O4. The summed E-state index contributed by atoms with van der Waals surface area (Å²) in [7, 11) is 0. The fourth-order valence-electron chi connectivity index (χ4n) is 5.30. The van der Waals surface area contributed by atoms with Crippen molar-refractivity contribution in [3.8, 4) is 0 Å². The highest BCUT2D eigenvalue weighted by Crippen LogP contribution is 2.30. The molecule has 2 heterocycles. The van der Waals surface area contributed by atoms with Crippen LogP contribution in [0.5, 0.6) is 0 Å². The van der Waals surface area contributed by atoms with E-state index in [1.54, 1.807) is 36.4 Å². The second kappa shape index (κ2) is 16.1. The molecule has 0 aliphatic carbocycles. The van der Waals surface area contributed by atoms with Gasteiger partial charge in [0, 0.05) is 31.0 Å². The average molecular weight is 651 g/mol. The number of halogens is 4. The summed E-state index contributed by atoms with van der Waals surface area (Å²) in [6.45, 7) is 0.990. The van der Waals surface area contributed by atoms with E-state index in [1.165, 1.54) is 42.6 Å². The van der Waals surface area contributed by atoms with Crippen LogP contribution in [0.15, 0.2) is 85.2 Å². The molecule has 0 bridgehead atoms. The first-order chi connectivity index (χ1) is 22.7. The minimum atomic E-state index is -0.609. The van der Waals surface area contributed by atoms with Crippen molar-refractivity contribution >= 4 is 17.7 Å². The number of pyridine rings is 1. The van der Waals surface area contributed by atoms with Crippen molar-refractivity contribution in [2.45, 2.75) is 43.9 Å². The van der Waals surface area contributed by atoms with Gasteiger partial charge in [-0.25, -0.2) is 22.4 Å². The summed E-state index contributed by atoms with van der Waals surface area (Å²) >= 11 is 0. The molecule has 5 rings (SSSR count). The highest BCUT2D eigenvalue weighted by Gasteiger charge is 2.24. The van der Waals surface area contributed by atoms with Crippen LogP contribution in [0, 0.1) is 23.3 Å². The predicted octanol–water partition coefficient (Wildman–Crippen LogP) is 6.01. The van der Waals surface area contributed by atoms with E-state index in [2.05, 4.69) is 20.9 Å². The van der Waals surface area contributed by atoms with Gasteiger partial charge in [0.15, 0.2) is 0 Å². The van der Waals surface area contributed by atoms with E-state index in [1.807, 2.05) is 0 Å². The van der Waals surface area contributed by atoms with Gasteiger partial charge in [-0.1, -0.05) is 36.4 Å². The van der Waals surface area contributed by atoms with Gasteiger partial charge in [0.2, 0.25) is 5.91 Å². The number of carbonyl (C=O) groups is 2. The number of rotatable bonds is 12. The Morgan fingerprint density at radius 2 is 1.51 bits per heavy atom. The van der Waals surface area contributed by atoms with Gasteiger partial charge in [-0.3, -0.25) is 9.78 Å². The SMILES string of the molecule is O=C(CC(c1ccc(F)cc1)c1ccc(F)cc1)Nc1cncc(F)c1CC[C@@H]1CN[C@H](COC(=O)NCc2ccc(F)cc2)CO1. The number of hydrogen-bond acceptors (Lipinski definition) is 6. The number of amides is 2. The third-order valence-corrected chi connectivity index (χ3v) is 7.86. The lowest BCUT2D eigenvalue weighted by Gasteiger charge is -2.30. The van der Waals surface area contributed by atoms with Crippen molar-refractivity contribution in [2.75, 3.05) is 25.1 Å². The molecule has 1 aromatic heterocycles. The molecule has 47 heavy (non-hydrogen) atoms. The highest BCUT2D eigenvalue weighted by atomic mass is 19.1. The summed E-state index contributed by atoms with van der Waals surface area (Å²) in [5.41, 5.74) is 2.58. The molecule has 2 atom stereocenters. The van der Waals surface area contributed by atoms with Crippen LogP contribution in [0.1, 0.15) is 41.0 Å². The molecule has 3 aromatic carbocycles. The number of hydrogen-bond donors (Lipinski definition) is 3. The van der Waals surface area contributed by atoms with Crippen molar-refractivity contribution in [3.63, 3.8) is 0 Å².